The molecule has 0 saturated carbocycles. The molecular weight excluding hydrogens is 288 g/mol. The fraction of sp³-hybridized carbons (Fsp3) is 0.850. The largest absolute Gasteiger partial charge is 0.481 e. The zero-order chi connectivity index (χ0) is 16.9. The van der Waals surface area contributed by atoms with E-state index >= 15 is 0 Å². The van der Waals surface area contributed by atoms with Crippen LogP contribution in [0.1, 0.15) is 90.9 Å². The number of epoxide rings is 1. The van der Waals surface area contributed by atoms with E-state index in [2.05, 4.69) is 25.7 Å². The molecule has 1 fully saturated rings. The van der Waals surface area contributed by atoms with Crippen molar-refractivity contribution in [2.75, 3.05) is 0 Å². The van der Waals surface area contributed by atoms with Gasteiger partial charge in [-0.15, -0.1) is 11.8 Å². The fourth-order valence-corrected chi connectivity index (χ4v) is 2.99. The van der Waals surface area contributed by atoms with Crippen molar-refractivity contribution in [1.82, 2.24) is 0 Å². The number of unbranched alkanes of at least 4 members (excludes halogenated alkanes) is 8. The number of rotatable bonds is 13. The third kappa shape index (κ3) is 9.01. The van der Waals surface area contributed by atoms with E-state index in [9.17, 15) is 9.90 Å². The Kier molecular flexibility index (Phi) is 10.8. The summed E-state index contributed by atoms with van der Waals surface area (Å²) < 4.78 is 5.45. The summed E-state index contributed by atoms with van der Waals surface area (Å²) in [6.45, 7) is 4.25. The highest BCUT2D eigenvalue weighted by molar-refractivity contribution is 5.71. The van der Waals surface area contributed by atoms with Crippen molar-refractivity contribution in [3.05, 3.63) is 0 Å². The molecule has 0 amide bonds. The van der Waals surface area contributed by atoms with E-state index < -0.39 is 5.97 Å². The highest BCUT2D eigenvalue weighted by Gasteiger charge is 2.46. The molecule has 1 aliphatic heterocycles. The van der Waals surface area contributed by atoms with E-state index in [1.165, 1.54) is 38.5 Å². The molecule has 0 aromatic heterocycles. The minimum absolute atomic E-state index is 0.0243. The lowest BCUT2D eigenvalue weighted by Gasteiger charge is -2.09. The Morgan fingerprint density at radius 2 is 1.61 bits per heavy atom. The van der Waals surface area contributed by atoms with Gasteiger partial charge in [-0.3, -0.25) is 4.79 Å². The van der Waals surface area contributed by atoms with E-state index in [0.717, 1.165) is 38.5 Å². The van der Waals surface area contributed by atoms with Gasteiger partial charge in [0, 0.05) is 12.8 Å². The molecule has 3 atom stereocenters. The number of aliphatic carboxylic acids is 1. The van der Waals surface area contributed by atoms with Crippen LogP contribution < -0.4 is 0 Å². The normalized spacial score (nSPS) is 20.6. The summed E-state index contributed by atoms with van der Waals surface area (Å²) in [5, 5.41) is 9.28. The number of hydrogen-bond donors (Lipinski definition) is 1. The summed E-state index contributed by atoms with van der Waals surface area (Å²) >= 11 is 0. The van der Waals surface area contributed by atoms with Crippen molar-refractivity contribution in [3.63, 3.8) is 0 Å². The maximum absolute atomic E-state index is 11.3. The number of carbonyl (C=O) groups is 1. The number of hydrogen-bond acceptors (Lipinski definition) is 2. The SMILES string of the molecule is CCCCC#CCCCCCCCC[C@H](C(=O)O)C1O[C@@H]1CC. The highest BCUT2D eigenvalue weighted by Crippen LogP contribution is 2.34. The highest BCUT2D eigenvalue weighted by atomic mass is 16.6. The van der Waals surface area contributed by atoms with Crippen LogP contribution in [0.25, 0.3) is 0 Å². The van der Waals surface area contributed by atoms with Crippen molar-refractivity contribution >= 4 is 5.97 Å². The second kappa shape index (κ2) is 12.4. The Morgan fingerprint density at radius 1 is 1.00 bits per heavy atom. The Morgan fingerprint density at radius 3 is 2.17 bits per heavy atom. The molecule has 1 saturated heterocycles. The van der Waals surface area contributed by atoms with Gasteiger partial charge in [0.05, 0.1) is 18.1 Å². The molecule has 0 spiro atoms. The van der Waals surface area contributed by atoms with Crippen LogP contribution in [0.15, 0.2) is 0 Å². The predicted octanol–water partition coefficient (Wildman–Crippen LogP) is 5.18. The fourth-order valence-electron chi connectivity index (χ4n) is 2.99. The molecule has 0 bridgehead atoms. The minimum atomic E-state index is -0.687. The van der Waals surface area contributed by atoms with Crippen molar-refractivity contribution in [2.45, 2.75) is 103 Å². The summed E-state index contributed by atoms with van der Waals surface area (Å²) in [6, 6.07) is 0. The van der Waals surface area contributed by atoms with E-state index in [0.29, 0.717) is 0 Å². The van der Waals surface area contributed by atoms with E-state index in [4.69, 9.17) is 4.74 Å². The van der Waals surface area contributed by atoms with Crippen molar-refractivity contribution in [1.29, 1.82) is 0 Å². The topological polar surface area (TPSA) is 49.8 Å². The van der Waals surface area contributed by atoms with Crippen LogP contribution in [0.2, 0.25) is 0 Å². The van der Waals surface area contributed by atoms with Gasteiger partial charge >= 0.3 is 5.97 Å². The number of ether oxygens (including phenoxy) is 1. The maximum Gasteiger partial charge on any atom is 0.309 e. The average Bonchev–Trinajstić information content (AvgIpc) is 3.31. The smallest absolute Gasteiger partial charge is 0.309 e. The first kappa shape index (κ1) is 20.0. The van der Waals surface area contributed by atoms with Gasteiger partial charge in [0.25, 0.3) is 0 Å². The van der Waals surface area contributed by atoms with Crippen LogP contribution in [0.3, 0.4) is 0 Å². The molecule has 0 aromatic carbocycles. The second-order valence-corrected chi connectivity index (χ2v) is 6.61. The van der Waals surface area contributed by atoms with Crippen LogP contribution in [0, 0.1) is 17.8 Å². The zero-order valence-electron chi connectivity index (χ0n) is 15.0. The molecule has 23 heavy (non-hydrogen) atoms. The van der Waals surface area contributed by atoms with Gasteiger partial charge < -0.3 is 9.84 Å². The van der Waals surface area contributed by atoms with E-state index in [1.54, 1.807) is 0 Å². The summed E-state index contributed by atoms with van der Waals surface area (Å²) in [5.41, 5.74) is 0. The molecule has 0 aliphatic carbocycles. The Balaban J connectivity index is 1.94. The Bertz CT molecular complexity index is 380. The zero-order valence-corrected chi connectivity index (χ0v) is 15.0. The van der Waals surface area contributed by atoms with Gasteiger partial charge in [-0.2, -0.15) is 0 Å². The summed E-state index contributed by atoms with van der Waals surface area (Å²) in [4.78, 5) is 11.3. The summed E-state index contributed by atoms with van der Waals surface area (Å²) in [7, 11) is 0. The van der Waals surface area contributed by atoms with Crippen molar-refractivity contribution in [2.24, 2.45) is 5.92 Å². The van der Waals surface area contributed by atoms with Crippen molar-refractivity contribution in [3.8, 4) is 11.8 Å². The quantitative estimate of drug-likeness (QED) is 0.289. The molecule has 1 aliphatic rings. The molecular formula is C20H34O3. The van der Waals surface area contributed by atoms with Crippen LogP contribution >= 0.6 is 0 Å². The van der Waals surface area contributed by atoms with Gasteiger partial charge in [-0.25, -0.2) is 0 Å². The number of carboxylic acids is 1. The first-order valence-electron chi connectivity index (χ1n) is 9.54. The van der Waals surface area contributed by atoms with Gasteiger partial charge in [-0.05, 0) is 25.7 Å². The maximum atomic E-state index is 11.3. The molecule has 1 heterocycles. The van der Waals surface area contributed by atoms with Gasteiger partial charge in [0.15, 0.2) is 0 Å². The third-order valence-corrected chi connectivity index (χ3v) is 4.59. The Labute approximate surface area is 142 Å². The standard InChI is InChI=1S/C20H34O3/c1-3-5-6-7-8-9-10-11-12-13-14-15-16-17(20(21)22)19-18(4-2)23-19/h17-19H,3-6,9-16H2,1-2H3,(H,21,22)/t17-,18+,19?/m0/s1. The summed E-state index contributed by atoms with van der Waals surface area (Å²) in [5.74, 6) is 5.50. The van der Waals surface area contributed by atoms with Crippen LogP contribution in [0.4, 0.5) is 0 Å². The molecule has 1 rings (SSSR count). The lowest BCUT2D eigenvalue weighted by atomic mass is 9.95. The van der Waals surface area contributed by atoms with Gasteiger partial charge in [0.1, 0.15) is 0 Å². The van der Waals surface area contributed by atoms with E-state index in [1.807, 2.05) is 0 Å². The first-order chi connectivity index (χ1) is 11.2. The number of carboxylic acid groups (broad SMARTS) is 1. The molecule has 3 nitrogen and oxygen atoms in total. The lowest BCUT2D eigenvalue weighted by molar-refractivity contribution is -0.142. The monoisotopic (exact) mass is 322 g/mol. The molecule has 132 valence electrons. The molecule has 1 N–H and O–H groups in total. The molecule has 0 aromatic rings. The minimum Gasteiger partial charge on any atom is -0.481 e. The van der Waals surface area contributed by atoms with Gasteiger partial charge in [-0.1, -0.05) is 52.4 Å². The Hall–Kier alpha value is -1.01. The van der Waals surface area contributed by atoms with Crippen molar-refractivity contribution < 1.29 is 14.6 Å². The van der Waals surface area contributed by atoms with Crippen LogP contribution in [-0.4, -0.2) is 23.3 Å². The molecule has 3 heteroatoms. The molecule has 1 unspecified atom stereocenters. The average molecular weight is 322 g/mol. The molecule has 0 radical (unpaired) electrons. The van der Waals surface area contributed by atoms with Crippen LogP contribution in [0.5, 0.6) is 0 Å². The van der Waals surface area contributed by atoms with E-state index in [-0.39, 0.29) is 18.1 Å². The lowest BCUT2D eigenvalue weighted by Crippen LogP contribution is -2.21. The summed E-state index contributed by atoms with van der Waals surface area (Å²) in [6.07, 6.45) is 13.4. The predicted molar refractivity (Wildman–Crippen MR) is 94.3 cm³/mol. The van der Waals surface area contributed by atoms with Gasteiger partial charge in [0.2, 0.25) is 0 Å². The third-order valence-electron chi connectivity index (χ3n) is 4.59. The second-order valence-electron chi connectivity index (χ2n) is 6.61. The van der Waals surface area contributed by atoms with Crippen LogP contribution in [-0.2, 0) is 9.53 Å². The first-order valence-corrected chi connectivity index (χ1v) is 9.54.